The van der Waals surface area contributed by atoms with E-state index in [0.717, 1.165) is 37.1 Å². The first-order valence-corrected chi connectivity index (χ1v) is 11.8. The minimum absolute atomic E-state index is 0.0451. The number of hydrogen-bond donors (Lipinski definition) is 0. The van der Waals surface area contributed by atoms with Crippen molar-refractivity contribution in [1.29, 1.82) is 0 Å². The fraction of sp³-hybridized carbons (Fsp3) is 0.375. The topological polar surface area (TPSA) is 57.7 Å². The fourth-order valence-electron chi connectivity index (χ4n) is 3.60. The van der Waals surface area contributed by atoms with Crippen molar-refractivity contribution in [3.63, 3.8) is 0 Å². The van der Waals surface area contributed by atoms with Gasteiger partial charge in [0.05, 0.1) is 4.90 Å². The summed E-state index contributed by atoms with van der Waals surface area (Å²) < 4.78 is 27.5. The number of hydrogen-bond acceptors (Lipinski definition) is 3. The summed E-state index contributed by atoms with van der Waals surface area (Å²) in [6.45, 7) is 9.86. The molecule has 0 unspecified atom stereocenters. The summed E-state index contributed by atoms with van der Waals surface area (Å²) in [6.07, 6.45) is 3.66. The van der Waals surface area contributed by atoms with Gasteiger partial charge < -0.3 is 4.90 Å². The molecule has 1 heterocycles. The second-order valence-electron chi connectivity index (χ2n) is 8.07. The van der Waals surface area contributed by atoms with Crippen molar-refractivity contribution < 1.29 is 13.2 Å². The molecule has 5 nitrogen and oxygen atoms in total. The summed E-state index contributed by atoms with van der Waals surface area (Å²) in [5, 5.41) is 0. The molecule has 6 heteroatoms. The van der Waals surface area contributed by atoms with Gasteiger partial charge in [-0.15, -0.1) is 6.58 Å². The quantitative estimate of drug-likeness (QED) is 0.622. The molecule has 3 rings (SSSR count). The zero-order valence-corrected chi connectivity index (χ0v) is 18.6. The second kappa shape index (κ2) is 9.58. The van der Waals surface area contributed by atoms with Gasteiger partial charge in [-0.1, -0.05) is 42.8 Å². The van der Waals surface area contributed by atoms with Crippen LogP contribution >= 0.6 is 0 Å². The Kier molecular flexibility index (Phi) is 7.10. The molecule has 0 atom stereocenters. The monoisotopic (exact) mass is 426 g/mol. The molecular weight excluding hydrogens is 396 g/mol. The highest BCUT2D eigenvalue weighted by molar-refractivity contribution is 7.89. The van der Waals surface area contributed by atoms with E-state index in [-0.39, 0.29) is 23.9 Å². The molecule has 2 aromatic rings. The summed E-state index contributed by atoms with van der Waals surface area (Å²) in [7, 11) is -3.64. The van der Waals surface area contributed by atoms with Gasteiger partial charge in [0.15, 0.2) is 0 Å². The number of carbonyl (C=O) groups is 1. The van der Waals surface area contributed by atoms with Crippen LogP contribution < -0.4 is 0 Å². The third-order valence-corrected chi connectivity index (χ3v) is 7.45. The number of aryl methyl sites for hydroxylation is 1. The molecule has 0 N–H and O–H groups in total. The van der Waals surface area contributed by atoms with Crippen LogP contribution in [0.4, 0.5) is 0 Å². The zero-order valence-electron chi connectivity index (χ0n) is 17.8. The van der Waals surface area contributed by atoms with Gasteiger partial charge in [-0.2, -0.15) is 4.31 Å². The van der Waals surface area contributed by atoms with Gasteiger partial charge in [-0.25, -0.2) is 8.42 Å². The van der Waals surface area contributed by atoms with Crippen molar-refractivity contribution in [3.05, 3.63) is 77.9 Å². The average Bonchev–Trinajstić information content (AvgIpc) is 2.74. The van der Waals surface area contributed by atoms with Crippen LogP contribution in [-0.4, -0.2) is 43.2 Å². The van der Waals surface area contributed by atoms with Crippen LogP contribution in [0.3, 0.4) is 0 Å². The van der Waals surface area contributed by atoms with E-state index in [9.17, 15) is 13.2 Å². The van der Waals surface area contributed by atoms with E-state index in [2.05, 4.69) is 13.5 Å². The van der Waals surface area contributed by atoms with Crippen molar-refractivity contribution in [2.75, 3.05) is 19.6 Å². The van der Waals surface area contributed by atoms with Gasteiger partial charge >= 0.3 is 0 Å². The molecule has 1 saturated heterocycles. The number of sulfonamides is 1. The molecule has 0 radical (unpaired) electrons. The second-order valence-corrected chi connectivity index (χ2v) is 10.0. The number of piperidine rings is 1. The van der Waals surface area contributed by atoms with Gasteiger partial charge in [0, 0.05) is 31.7 Å². The van der Waals surface area contributed by atoms with Crippen LogP contribution in [0.15, 0.2) is 66.1 Å². The lowest BCUT2D eigenvalue weighted by Gasteiger charge is -2.30. The number of carbonyl (C=O) groups excluding carboxylic acids is 1. The number of amides is 1. The first-order valence-electron chi connectivity index (χ1n) is 10.4. The summed E-state index contributed by atoms with van der Waals surface area (Å²) in [5.74, 6) is 0.714. The standard InChI is InChI=1S/C24H30N2O3S/c1-4-15-26(30(28,29)23-11-5-19(2)6-12-23)18-21-7-9-22(10-8-21)24(27)25-16-13-20(3)14-17-25/h4-12,20H,1,13-18H2,2-3H3. The molecule has 0 bridgehead atoms. The smallest absolute Gasteiger partial charge is 0.253 e. The van der Waals surface area contributed by atoms with Crippen LogP contribution in [0.1, 0.15) is 41.3 Å². The van der Waals surface area contributed by atoms with E-state index in [1.54, 1.807) is 42.5 Å². The van der Waals surface area contributed by atoms with Gasteiger partial charge in [0.1, 0.15) is 0 Å². The molecule has 1 amide bonds. The van der Waals surface area contributed by atoms with E-state index >= 15 is 0 Å². The van der Waals surface area contributed by atoms with E-state index in [0.29, 0.717) is 11.5 Å². The lowest BCUT2D eigenvalue weighted by atomic mass is 9.98. The third kappa shape index (κ3) is 5.18. The fourth-order valence-corrected chi connectivity index (χ4v) is 5.00. The third-order valence-electron chi connectivity index (χ3n) is 5.62. The largest absolute Gasteiger partial charge is 0.339 e. The number of nitrogens with zero attached hydrogens (tertiary/aromatic N) is 2. The molecular formula is C24H30N2O3S. The van der Waals surface area contributed by atoms with Crippen molar-refractivity contribution in [1.82, 2.24) is 9.21 Å². The summed E-state index contributed by atoms with van der Waals surface area (Å²) >= 11 is 0. The maximum Gasteiger partial charge on any atom is 0.253 e. The Morgan fingerprint density at radius 3 is 2.27 bits per heavy atom. The van der Waals surface area contributed by atoms with Gasteiger partial charge in [-0.05, 0) is 55.5 Å². The predicted octanol–water partition coefficient (Wildman–Crippen LogP) is 4.24. The minimum Gasteiger partial charge on any atom is -0.339 e. The molecule has 30 heavy (non-hydrogen) atoms. The summed E-state index contributed by atoms with van der Waals surface area (Å²) in [5.41, 5.74) is 2.48. The molecule has 0 spiro atoms. The molecule has 0 saturated carbocycles. The Labute approximate surface area is 180 Å². The predicted molar refractivity (Wildman–Crippen MR) is 120 cm³/mol. The van der Waals surface area contributed by atoms with Gasteiger partial charge in [0.25, 0.3) is 5.91 Å². The van der Waals surface area contributed by atoms with Crippen LogP contribution in [-0.2, 0) is 16.6 Å². The van der Waals surface area contributed by atoms with E-state index in [4.69, 9.17) is 0 Å². The van der Waals surface area contributed by atoms with Crippen LogP contribution in [0.2, 0.25) is 0 Å². The van der Waals surface area contributed by atoms with Crippen molar-refractivity contribution >= 4 is 15.9 Å². The Balaban J connectivity index is 1.74. The lowest BCUT2D eigenvalue weighted by Crippen LogP contribution is -2.37. The van der Waals surface area contributed by atoms with Crippen LogP contribution in [0.5, 0.6) is 0 Å². The maximum absolute atomic E-state index is 13.1. The average molecular weight is 427 g/mol. The normalized spacial score (nSPS) is 15.4. The molecule has 2 aromatic carbocycles. The van der Waals surface area contributed by atoms with Crippen LogP contribution in [0, 0.1) is 12.8 Å². The molecule has 1 aliphatic heterocycles. The molecule has 0 aliphatic carbocycles. The molecule has 160 valence electrons. The van der Waals surface area contributed by atoms with Crippen molar-refractivity contribution in [3.8, 4) is 0 Å². The highest BCUT2D eigenvalue weighted by Crippen LogP contribution is 2.21. The van der Waals surface area contributed by atoms with Crippen molar-refractivity contribution in [2.24, 2.45) is 5.92 Å². The van der Waals surface area contributed by atoms with Crippen molar-refractivity contribution in [2.45, 2.75) is 38.1 Å². The first kappa shape index (κ1) is 22.2. The maximum atomic E-state index is 13.1. The summed E-state index contributed by atoms with van der Waals surface area (Å²) in [4.78, 5) is 14.9. The van der Waals surface area contributed by atoms with Gasteiger partial charge in [0.2, 0.25) is 10.0 Å². The molecule has 1 aliphatic rings. The highest BCUT2D eigenvalue weighted by atomic mass is 32.2. The Bertz CT molecular complexity index is 974. The summed E-state index contributed by atoms with van der Waals surface area (Å²) in [6, 6.07) is 14.1. The Morgan fingerprint density at radius 1 is 1.10 bits per heavy atom. The van der Waals surface area contributed by atoms with E-state index in [1.165, 1.54) is 4.31 Å². The number of benzene rings is 2. The van der Waals surface area contributed by atoms with E-state index in [1.807, 2.05) is 24.0 Å². The van der Waals surface area contributed by atoms with Gasteiger partial charge in [-0.3, -0.25) is 4.79 Å². The van der Waals surface area contributed by atoms with E-state index < -0.39 is 10.0 Å². The highest BCUT2D eigenvalue weighted by Gasteiger charge is 2.24. The Morgan fingerprint density at radius 2 is 1.70 bits per heavy atom. The lowest BCUT2D eigenvalue weighted by molar-refractivity contribution is 0.0697. The zero-order chi connectivity index (χ0) is 21.7. The molecule has 0 aromatic heterocycles. The Hall–Kier alpha value is -2.44. The SMILES string of the molecule is C=CCN(Cc1ccc(C(=O)N2CCC(C)CC2)cc1)S(=O)(=O)c1ccc(C)cc1. The first-order chi connectivity index (χ1) is 14.3. The molecule has 1 fully saturated rings. The minimum atomic E-state index is -3.64. The van der Waals surface area contributed by atoms with Crippen LogP contribution in [0.25, 0.3) is 0 Å². The number of likely N-dealkylation sites (tertiary alicyclic amines) is 1. The number of rotatable bonds is 7.